The van der Waals surface area contributed by atoms with Gasteiger partial charge in [0.25, 0.3) is 0 Å². The molecule has 0 aromatic carbocycles. The van der Waals surface area contributed by atoms with Crippen LogP contribution in [0.3, 0.4) is 0 Å². The first-order chi connectivity index (χ1) is 10.2. The summed E-state index contributed by atoms with van der Waals surface area (Å²) in [6.07, 6.45) is 7.69. The molecule has 3 nitrogen and oxygen atoms in total. The van der Waals surface area contributed by atoms with Gasteiger partial charge >= 0.3 is 0 Å². The number of nitrogens with one attached hydrogen (secondary N) is 1. The van der Waals surface area contributed by atoms with Gasteiger partial charge in [-0.15, -0.1) is 0 Å². The van der Waals surface area contributed by atoms with E-state index in [9.17, 15) is 5.11 Å². The Bertz CT molecular complexity index is 414. The van der Waals surface area contributed by atoms with Crippen molar-refractivity contribution in [3.05, 3.63) is 16.8 Å². The SMILES string of the molecule is CC(O)C1CC(NC2CCCCC2)CN(c2ccsc2)C1. The van der Waals surface area contributed by atoms with Gasteiger partial charge in [-0.3, -0.25) is 0 Å². The minimum Gasteiger partial charge on any atom is -0.393 e. The zero-order chi connectivity index (χ0) is 14.7. The van der Waals surface area contributed by atoms with E-state index < -0.39 is 0 Å². The van der Waals surface area contributed by atoms with Gasteiger partial charge in [-0.25, -0.2) is 0 Å². The highest BCUT2D eigenvalue weighted by Crippen LogP contribution is 2.28. The summed E-state index contributed by atoms with van der Waals surface area (Å²) in [5, 5.41) is 18.3. The van der Waals surface area contributed by atoms with Gasteiger partial charge < -0.3 is 15.3 Å². The Kier molecular flexibility index (Phi) is 5.19. The molecule has 3 unspecified atom stereocenters. The molecule has 3 rings (SSSR count). The zero-order valence-corrected chi connectivity index (χ0v) is 13.8. The lowest BCUT2D eigenvalue weighted by atomic mass is 9.88. The number of hydrogen-bond donors (Lipinski definition) is 2. The number of anilines is 1. The second kappa shape index (κ2) is 7.12. The number of piperidine rings is 1. The highest BCUT2D eigenvalue weighted by atomic mass is 32.1. The van der Waals surface area contributed by atoms with Crippen molar-refractivity contribution in [3.63, 3.8) is 0 Å². The van der Waals surface area contributed by atoms with Crippen LogP contribution < -0.4 is 10.2 Å². The second-order valence-electron chi connectivity index (χ2n) is 6.82. The topological polar surface area (TPSA) is 35.5 Å². The van der Waals surface area contributed by atoms with Gasteiger partial charge in [0.15, 0.2) is 0 Å². The van der Waals surface area contributed by atoms with Gasteiger partial charge in [-0.1, -0.05) is 19.3 Å². The standard InChI is InChI=1S/C17H28N2OS/c1-13(20)14-9-16(18-15-5-3-2-4-6-15)11-19(10-14)17-7-8-21-12-17/h7-8,12-16,18,20H,2-6,9-11H2,1H3. The Morgan fingerprint density at radius 3 is 2.71 bits per heavy atom. The van der Waals surface area contributed by atoms with E-state index in [-0.39, 0.29) is 6.10 Å². The largest absolute Gasteiger partial charge is 0.393 e. The molecular weight excluding hydrogens is 280 g/mol. The minimum absolute atomic E-state index is 0.220. The third-order valence-electron chi connectivity index (χ3n) is 5.11. The van der Waals surface area contributed by atoms with E-state index in [1.807, 2.05) is 6.92 Å². The molecule has 4 heteroatoms. The number of aliphatic hydroxyl groups is 1. The highest BCUT2D eigenvalue weighted by Gasteiger charge is 2.31. The minimum atomic E-state index is -0.220. The first-order valence-corrected chi connectivity index (χ1v) is 9.38. The van der Waals surface area contributed by atoms with E-state index in [4.69, 9.17) is 0 Å². The lowest BCUT2D eigenvalue weighted by Crippen LogP contribution is -2.54. The predicted molar refractivity (Wildman–Crippen MR) is 90.1 cm³/mol. The van der Waals surface area contributed by atoms with Gasteiger partial charge in [0.05, 0.1) is 6.10 Å². The molecule has 1 saturated heterocycles. The normalized spacial score (nSPS) is 29.5. The van der Waals surface area contributed by atoms with Crippen LogP contribution in [0.4, 0.5) is 5.69 Å². The van der Waals surface area contributed by atoms with Gasteiger partial charge in [-0.2, -0.15) is 11.3 Å². The molecule has 2 heterocycles. The summed E-state index contributed by atoms with van der Waals surface area (Å²) >= 11 is 1.76. The smallest absolute Gasteiger partial charge is 0.0557 e. The summed E-state index contributed by atoms with van der Waals surface area (Å²) in [5.74, 6) is 0.375. The molecule has 1 aliphatic heterocycles. The first-order valence-electron chi connectivity index (χ1n) is 8.43. The average Bonchev–Trinajstić information content (AvgIpc) is 3.02. The molecule has 2 N–H and O–H groups in total. The molecule has 1 aliphatic carbocycles. The number of hydrogen-bond acceptors (Lipinski definition) is 4. The number of rotatable bonds is 4. The lowest BCUT2D eigenvalue weighted by Gasteiger charge is -2.42. The fraction of sp³-hybridized carbons (Fsp3) is 0.765. The third-order valence-corrected chi connectivity index (χ3v) is 5.78. The van der Waals surface area contributed by atoms with Gasteiger partial charge in [-0.05, 0) is 37.6 Å². The van der Waals surface area contributed by atoms with E-state index in [1.165, 1.54) is 37.8 Å². The maximum atomic E-state index is 10.1. The summed E-state index contributed by atoms with van der Waals surface area (Å²) in [7, 11) is 0. The van der Waals surface area contributed by atoms with Crippen LogP contribution >= 0.6 is 11.3 Å². The summed E-state index contributed by atoms with van der Waals surface area (Å²) in [6, 6.07) is 3.41. The Morgan fingerprint density at radius 1 is 1.24 bits per heavy atom. The summed E-state index contributed by atoms with van der Waals surface area (Å²) < 4.78 is 0. The molecule has 1 aromatic heterocycles. The first kappa shape index (κ1) is 15.3. The molecule has 1 saturated carbocycles. The fourth-order valence-electron chi connectivity index (χ4n) is 3.86. The van der Waals surface area contributed by atoms with E-state index in [0.717, 1.165) is 19.5 Å². The monoisotopic (exact) mass is 308 g/mol. The predicted octanol–water partition coefficient (Wildman–Crippen LogP) is 3.25. The van der Waals surface area contributed by atoms with Crippen LogP contribution in [0.25, 0.3) is 0 Å². The van der Waals surface area contributed by atoms with Crippen LogP contribution in [-0.4, -0.2) is 36.4 Å². The van der Waals surface area contributed by atoms with Gasteiger partial charge in [0.1, 0.15) is 0 Å². The Labute approximate surface area is 132 Å². The lowest BCUT2D eigenvalue weighted by molar-refractivity contribution is 0.103. The Balaban J connectivity index is 1.64. The van der Waals surface area contributed by atoms with Crippen molar-refractivity contribution >= 4 is 17.0 Å². The molecule has 118 valence electrons. The van der Waals surface area contributed by atoms with Crippen molar-refractivity contribution in [2.75, 3.05) is 18.0 Å². The van der Waals surface area contributed by atoms with E-state index in [1.54, 1.807) is 11.3 Å². The molecule has 1 aromatic rings. The molecule has 0 spiro atoms. The molecule has 0 radical (unpaired) electrons. The molecular formula is C17H28N2OS. The summed E-state index contributed by atoms with van der Waals surface area (Å²) in [6.45, 7) is 4.01. The number of nitrogens with zero attached hydrogens (tertiary/aromatic N) is 1. The van der Waals surface area contributed by atoms with Crippen LogP contribution in [0.2, 0.25) is 0 Å². The van der Waals surface area contributed by atoms with Crippen LogP contribution in [0.15, 0.2) is 16.8 Å². The van der Waals surface area contributed by atoms with Crippen LogP contribution in [0, 0.1) is 5.92 Å². The maximum Gasteiger partial charge on any atom is 0.0557 e. The molecule has 3 atom stereocenters. The number of thiophene rings is 1. The Morgan fingerprint density at radius 2 is 2.05 bits per heavy atom. The van der Waals surface area contributed by atoms with E-state index in [2.05, 4.69) is 27.0 Å². The molecule has 0 amide bonds. The van der Waals surface area contributed by atoms with E-state index in [0.29, 0.717) is 18.0 Å². The zero-order valence-electron chi connectivity index (χ0n) is 13.0. The van der Waals surface area contributed by atoms with Crippen molar-refractivity contribution in [2.45, 2.75) is 63.6 Å². The van der Waals surface area contributed by atoms with Gasteiger partial charge in [0, 0.05) is 42.2 Å². The van der Waals surface area contributed by atoms with Crippen molar-refractivity contribution in [3.8, 4) is 0 Å². The Hall–Kier alpha value is -0.580. The number of aliphatic hydroxyl groups excluding tert-OH is 1. The fourth-order valence-corrected chi connectivity index (χ4v) is 4.52. The average molecular weight is 308 g/mol. The molecule has 21 heavy (non-hydrogen) atoms. The molecule has 2 fully saturated rings. The maximum absolute atomic E-state index is 10.1. The highest BCUT2D eigenvalue weighted by molar-refractivity contribution is 7.08. The summed E-state index contributed by atoms with van der Waals surface area (Å²) in [5.41, 5.74) is 1.32. The van der Waals surface area contributed by atoms with E-state index >= 15 is 0 Å². The van der Waals surface area contributed by atoms with Gasteiger partial charge in [0.2, 0.25) is 0 Å². The molecule has 2 aliphatic rings. The second-order valence-corrected chi connectivity index (χ2v) is 7.60. The van der Waals surface area contributed by atoms with Crippen molar-refractivity contribution in [1.82, 2.24) is 5.32 Å². The van der Waals surface area contributed by atoms with Crippen LogP contribution in [0.1, 0.15) is 45.4 Å². The van der Waals surface area contributed by atoms with Crippen molar-refractivity contribution in [2.24, 2.45) is 5.92 Å². The quantitative estimate of drug-likeness (QED) is 0.896. The van der Waals surface area contributed by atoms with Crippen molar-refractivity contribution < 1.29 is 5.11 Å². The van der Waals surface area contributed by atoms with Crippen molar-refractivity contribution in [1.29, 1.82) is 0 Å². The molecule has 0 bridgehead atoms. The third kappa shape index (κ3) is 3.99. The summed E-state index contributed by atoms with van der Waals surface area (Å²) in [4.78, 5) is 2.46. The van der Waals surface area contributed by atoms with Crippen LogP contribution in [0.5, 0.6) is 0 Å². The van der Waals surface area contributed by atoms with Crippen LogP contribution in [-0.2, 0) is 0 Å².